The smallest absolute Gasteiger partial charge is 0.224 e. The molecule has 0 unspecified atom stereocenters. The maximum Gasteiger partial charge on any atom is 0.224 e. The van der Waals surface area contributed by atoms with Crippen LogP contribution >= 0.6 is 24.8 Å². The van der Waals surface area contributed by atoms with Crippen LogP contribution in [0.3, 0.4) is 0 Å². The van der Waals surface area contributed by atoms with E-state index in [1.165, 1.54) is 5.56 Å². The second kappa shape index (κ2) is 13.6. The maximum atomic E-state index is 12.3. The van der Waals surface area contributed by atoms with Gasteiger partial charge in [0, 0.05) is 39.1 Å². The van der Waals surface area contributed by atoms with Crippen LogP contribution in [0.1, 0.15) is 17.5 Å². The molecule has 0 radical (unpaired) electrons. The van der Waals surface area contributed by atoms with Crippen molar-refractivity contribution in [3.05, 3.63) is 71.8 Å². The highest BCUT2D eigenvalue weighted by Gasteiger charge is 2.14. The number of hydrogen-bond acceptors (Lipinski definition) is 3. The van der Waals surface area contributed by atoms with E-state index in [1.54, 1.807) is 0 Å². The highest BCUT2D eigenvalue weighted by molar-refractivity contribution is 5.85. The van der Waals surface area contributed by atoms with Gasteiger partial charge < -0.3 is 15.5 Å². The van der Waals surface area contributed by atoms with E-state index < -0.39 is 0 Å². The van der Waals surface area contributed by atoms with Gasteiger partial charge in [-0.1, -0.05) is 60.7 Å². The van der Waals surface area contributed by atoms with Crippen molar-refractivity contribution in [2.75, 3.05) is 26.7 Å². The van der Waals surface area contributed by atoms with E-state index >= 15 is 0 Å². The molecule has 2 rings (SSSR count). The molecule has 6 heteroatoms. The molecule has 0 aliphatic rings. The molecule has 2 aromatic carbocycles. The molecule has 0 aliphatic carbocycles. The molecule has 0 spiro atoms. The summed E-state index contributed by atoms with van der Waals surface area (Å²) in [5, 5.41) is 0. The van der Waals surface area contributed by atoms with Crippen molar-refractivity contribution in [2.24, 2.45) is 5.73 Å². The third-order valence-corrected chi connectivity index (χ3v) is 3.97. The third-order valence-electron chi connectivity index (χ3n) is 3.97. The van der Waals surface area contributed by atoms with Crippen molar-refractivity contribution in [3.8, 4) is 0 Å². The zero-order valence-corrected chi connectivity index (χ0v) is 16.8. The molecule has 0 bridgehead atoms. The molecule has 0 fully saturated rings. The van der Waals surface area contributed by atoms with E-state index in [1.807, 2.05) is 29.2 Å². The van der Waals surface area contributed by atoms with Crippen LogP contribution in [0.2, 0.25) is 0 Å². The second-order valence-electron chi connectivity index (χ2n) is 6.06. The van der Waals surface area contributed by atoms with Crippen molar-refractivity contribution in [1.29, 1.82) is 0 Å². The van der Waals surface area contributed by atoms with E-state index in [2.05, 4.69) is 48.3 Å². The van der Waals surface area contributed by atoms with E-state index in [0.29, 0.717) is 26.1 Å². The van der Waals surface area contributed by atoms with Gasteiger partial charge in [-0.2, -0.15) is 0 Å². The Morgan fingerprint density at radius 1 is 0.846 bits per heavy atom. The van der Waals surface area contributed by atoms with Crippen molar-refractivity contribution < 1.29 is 4.79 Å². The zero-order chi connectivity index (χ0) is 17.2. The lowest BCUT2D eigenvalue weighted by atomic mass is 10.2. The van der Waals surface area contributed by atoms with Gasteiger partial charge in [0.25, 0.3) is 0 Å². The average molecular weight is 398 g/mol. The lowest BCUT2D eigenvalue weighted by Gasteiger charge is -2.26. The first-order valence-corrected chi connectivity index (χ1v) is 8.43. The monoisotopic (exact) mass is 397 g/mol. The Labute approximate surface area is 169 Å². The Morgan fingerprint density at radius 2 is 1.35 bits per heavy atom. The van der Waals surface area contributed by atoms with Gasteiger partial charge >= 0.3 is 0 Å². The molecule has 0 atom stereocenters. The average Bonchev–Trinajstić information content (AvgIpc) is 2.60. The second-order valence-corrected chi connectivity index (χ2v) is 6.06. The molecule has 1 amide bonds. The van der Waals surface area contributed by atoms with Gasteiger partial charge in [-0.15, -0.1) is 24.8 Å². The topological polar surface area (TPSA) is 49.6 Å². The third kappa shape index (κ3) is 8.68. The largest absolute Gasteiger partial charge is 0.337 e. The van der Waals surface area contributed by atoms with Crippen LogP contribution in [0.25, 0.3) is 0 Å². The molecule has 0 aliphatic heterocycles. The van der Waals surface area contributed by atoms with Crippen LogP contribution in [0, 0.1) is 0 Å². The van der Waals surface area contributed by atoms with Crippen molar-refractivity contribution >= 4 is 30.7 Å². The van der Waals surface area contributed by atoms with Gasteiger partial charge in [-0.3, -0.25) is 4.79 Å². The minimum Gasteiger partial charge on any atom is -0.337 e. The number of amides is 1. The maximum absolute atomic E-state index is 12.3. The predicted octanol–water partition coefficient (Wildman–Crippen LogP) is 3.34. The normalized spacial score (nSPS) is 9.96. The summed E-state index contributed by atoms with van der Waals surface area (Å²) in [6.45, 7) is 3.45. The number of rotatable bonds is 9. The molecular weight excluding hydrogens is 369 g/mol. The van der Waals surface area contributed by atoms with Crippen molar-refractivity contribution in [3.63, 3.8) is 0 Å². The van der Waals surface area contributed by atoms with Crippen LogP contribution in [0.4, 0.5) is 0 Å². The van der Waals surface area contributed by atoms with Crippen LogP contribution in [0.15, 0.2) is 60.7 Å². The summed E-state index contributed by atoms with van der Waals surface area (Å²) in [7, 11) is 2.08. The Morgan fingerprint density at radius 3 is 1.85 bits per heavy atom. The Hall–Kier alpha value is -1.59. The first-order valence-electron chi connectivity index (χ1n) is 8.43. The van der Waals surface area contributed by atoms with E-state index in [4.69, 9.17) is 5.73 Å². The van der Waals surface area contributed by atoms with Crippen LogP contribution in [0.5, 0.6) is 0 Å². The number of nitrogens with zero attached hydrogens (tertiary/aromatic N) is 2. The fourth-order valence-electron chi connectivity index (χ4n) is 2.64. The molecule has 2 aromatic rings. The molecular formula is C20H29Cl2N3O. The van der Waals surface area contributed by atoms with Crippen LogP contribution < -0.4 is 5.73 Å². The van der Waals surface area contributed by atoms with Crippen LogP contribution in [-0.4, -0.2) is 42.4 Å². The number of likely N-dealkylation sites (N-methyl/N-ethyl adjacent to an activating group) is 1. The molecule has 0 heterocycles. The summed E-state index contributed by atoms with van der Waals surface area (Å²) in [4.78, 5) is 16.5. The zero-order valence-electron chi connectivity index (χ0n) is 15.2. The summed E-state index contributed by atoms with van der Waals surface area (Å²) in [5.74, 6) is 0.120. The fourth-order valence-corrected chi connectivity index (χ4v) is 2.64. The Balaban J connectivity index is 0.00000312. The van der Waals surface area contributed by atoms with Gasteiger partial charge in [0.05, 0.1) is 0 Å². The van der Waals surface area contributed by atoms with Gasteiger partial charge in [-0.25, -0.2) is 0 Å². The number of nitrogens with two attached hydrogens (primary N) is 1. The quantitative estimate of drug-likeness (QED) is 0.705. The SMILES string of the molecule is CN(CCN(Cc1ccccc1)C(=O)CCN)Cc1ccccc1.Cl.Cl. The number of halogens is 2. The summed E-state index contributed by atoms with van der Waals surface area (Å²) < 4.78 is 0. The molecule has 2 N–H and O–H groups in total. The molecule has 0 aromatic heterocycles. The van der Waals surface area contributed by atoms with Gasteiger partial charge in [-0.05, 0) is 18.2 Å². The highest BCUT2D eigenvalue weighted by atomic mass is 35.5. The predicted molar refractivity (Wildman–Crippen MR) is 113 cm³/mol. The number of benzene rings is 2. The van der Waals surface area contributed by atoms with E-state index in [-0.39, 0.29) is 30.7 Å². The minimum absolute atomic E-state index is 0. The van der Waals surface area contributed by atoms with E-state index in [0.717, 1.165) is 18.7 Å². The molecule has 144 valence electrons. The van der Waals surface area contributed by atoms with E-state index in [9.17, 15) is 4.79 Å². The van der Waals surface area contributed by atoms with Gasteiger partial charge in [0.2, 0.25) is 5.91 Å². The van der Waals surface area contributed by atoms with Crippen molar-refractivity contribution in [1.82, 2.24) is 9.80 Å². The summed E-state index contributed by atoms with van der Waals surface area (Å²) >= 11 is 0. The Bertz CT molecular complexity index is 611. The lowest BCUT2D eigenvalue weighted by molar-refractivity contribution is -0.131. The molecule has 0 saturated carbocycles. The minimum atomic E-state index is 0. The number of hydrogen-bond donors (Lipinski definition) is 1. The number of carbonyl (C=O) groups is 1. The first kappa shape index (κ1) is 24.4. The Kier molecular flexibility index (Phi) is 12.8. The van der Waals surface area contributed by atoms with Crippen LogP contribution in [-0.2, 0) is 17.9 Å². The number of carbonyl (C=O) groups excluding carboxylic acids is 1. The summed E-state index contributed by atoms with van der Waals surface area (Å²) in [6, 6.07) is 20.5. The van der Waals surface area contributed by atoms with Crippen molar-refractivity contribution in [2.45, 2.75) is 19.5 Å². The summed E-state index contributed by atoms with van der Waals surface area (Å²) in [6.07, 6.45) is 0.398. The molecule has 0 saturated heterocycles. The molecule has 4 nitrogen and oxygen atoms in total. The van der Waals surface area contributed by atoms with Gasteiger partial charge in [0.15, 0.2) is 0 Å². The molecule has 26 heavy (non-hydrogen) atoms. The highest BCUT2D eigenvalue weighted by Crippen LogP contribution is 2.07. The first-order chi connectivity index (χ1) is 11.7. The lowest BCUT2D eigenvalue weighted by Crippen LogP contribution is -2.37. The fraction of sp³-hybridized carbons (Fsp3) is 0.350. The van der Waals surface area contributed by atoms with Gasteiger partial charge in [0.1, 0.15) is 0 Å². The standard InChI is InChI=1S/C20H27N3O.2ClH/c1-22(16-18-8-4-2-5-9-18)14-15-23(20(24)12-13-21)17-19-10-6-3-7-11-19;;/h2-11H,12-17,21H2,1H3;2*1H. The summed E-state index contributed by atoms with van der Waals surface area (Å²) in [5.41, 5.74) is 7.99.